The number of amides is 2. The van der Waals surface area contributed by atoms with Gasteiger partial charge in [-0.05, 0) is 42.5 Å². The zero-order valence-corrected chi connectivity index (χ0v) is 14.9. The van der Waals surface area contributed by atoms with Crippen molar-refractivity contribution in [3.05, 3.63) is 52.2 Å². The van der Waals surface area contributed by atoms with Crippen molar-refractivity contribution in [3.8, 4) is 0 Å². The first-order valence-electron chi connectivity index (χ1n) is 7.59. The van der Waals surface area contributed by atoms with Gasteiger partial charge in [-0.2, -0.15) is 0 Å². The molecule has 0 aliphatic carbocycles. The molecule has 1 aromatic heterocycles. The molecule has 130 valence electrons. The van der Waals surface area contributed by atoms with E-state index in [4.69, 9.17) is 5.73 Å². The number of rotatable bonds is 8. The van der Waals surface area contributed by atoms with E-state index in [2.05, 4.69) is 16.7 Å². The van der Waals surface area contributed by atoms with Crippen molar-refractivity contribution < 1.29 is 9.59 Å². The summed E-state index contributed by atoms with van der Waals surface area (Å²) < 4.78 is 0. The van der Waals surface area contributed by atoms with Crippen molar-refractivity contribution in [2.24, 2.45) is 5.73 Å². The Morgan fingerprint density at radius 3 is 2.71 bits per heavy atom. The van der Waals surface area contributed by atoms with Gasteiger partial charge in [0.25, 0.3) is 5.91 Å². The van der Waals surface area contributed by atoms with Crippen LogP contribution in [0.15, 0.2) is 41.8 Å². The molecule has 2 rings (SSSR count). The molecule has 0 saturated carbocycles. The van der Waals surface area contributed by atoms with Crippen LogP contribution >= 0.6 is 23.7 Å². The number of anilines is 1. The number of carbonyl (C=O) groups is 2. The van der Waals surface area contributed by atoms with Gasteiger partial charge >= 0.3 is 0 Å². The first-order chi connectivity index (χ1) is 11.2. The van der Waals surface area contributed by atoms with Crippen molar-refractivity contribution >= 4 is 41.2 Å². The average Bonchev–Trinajstić information content (AvgIpc) is 3.06. The molecule has 5 nitrogen and oxygen atoms in total. The van der Waals surface area contributed by atoms with Crippen molar-refractivity contribution in [2.75, 3.05) is 18.4 Å². The molecule has 24 heavy (non-hydrogen) atoms. The maximum absolute atomic E-state index is 12.0. The van der Waals surface area contributed by atoms with Gasteiger partial charge in [0.05, 0.1) is 0 Å². The van der Waals surface area contributed by atoms with Gasteiger partial charge in [0, 0.05) is 35.6 Å². The number of nitrogens with one attached hydrogen (secondary N) is 2. The summed E-state index contributed by atoms with van der Waals surface area (Å²) in [5.74, 6) is -0.231. The predicted molar refractivity (Wildman–Crippen MR) is 101 cm³/mol. The van der Waals surface area contributed by atoms with Crippen LogP contribution in [0.25, 0.3) is 0 Å². The minimum absolute atomic E-state index is 0. The van der Waals surface area contributed by atoms with Crippen molar-refractivity contribution in [2.45, 2.75) is 19.3 Å². The van der Waals surface area contributed by atoms with Gasteiger partial charge in [-0.3, -0.25) is 9.59 Å². The summed E-state index contributed by atoms with van der Waals surface area (Å²) in [6.45, 7) is 0.824. The van der Waals surface area contributed by atoms with Gasteiger partial charge in [-0.15, -0.1) is 23.7 Å². The van der Waals surface area contributed by atoms with Crippen LogP contribution in [-0.4, -0.2) is 24.9 Å². The molecule has 0 fully saturated rings. The highest BCUT2D eigenvalue weighted by atomic mass is 35.5. The normalized spacial score (nSPS) is 9.88. The van der Waals surface area contributed by atoms with E-state index in [1.54, 1.807) is 35.6 Å². The fraction of sp³-hybridized carbons (Fsp3) is 0.294. The molecule has 0 radical (unpaired) electrons. The highest BCUT2D eigenvalue weighted by Crippen LogP contribution is 2.14. The van der Waals surface area contributed by atoms with Crippen LogP contribution in [0, 0.1) is 0 Å². The molecule has 7 heteroatoms. The van der Waals surface area contributed by atoms with Crippen LogP contribution in [0.2, 0.25) is 0 Å². The second-order valence-electron chi connectivity index (χ2n) is 5.11. The lowest BCUT2D eigenvalue weighted by atomic mass is 10.1. The summed E-state index contributed by atoms with van der Waals surface area (Å²) in [5.41, 5.74) is 6.50. The molecule has 2 aromatic rings. The minimum Gasteiger partial charge on any atom is -0.351 e. The molecular weight excluding hydrogens is 346 g/mol. The summed E-state index contributed by atoms with van der Waals surface area (Å²) in [6.07, 6.45) is 2.18. The van der Waals surface area contributed by atoms with E-state index in [0.29, 0.717) is 30.8 Å². The number of aryl methyl sites for hydroxylation is 1. The van der Waals surface area contributed by atoms with Crippen molar-refractivity contribution in [1.29, 1.82) is 0 Å². The molecule has 0 saturated heterocycles. The number of nitrogens with two attached hydrogens (primary N) is 1. The van der Waals surface area contributed by atoms with E-state index in [1.807, 2.05) is 11.4 Å². The third kappa shape index (κ3) is 6.70. The van der Waals surface area contributed by atoms with Crippen molar-refractivity contribution in [3.63, 3.8) is 0 Å². The van der Waals surface area contributed by atoms with E-state index < -0.39 is 0 Å². The Morgan fingerprint density at radius 1 is 1.17 bits per heavy atom. The van der Waals surface area contributed by atoms with Crippen LogP contribution in [0.3, 0.4) is 0 Å². The Bertz CT molecular complexity index is 647. The SMILES string of the molecule is Cl.NCCNC(=O)c1cccc(NC(=O)CCCc2cccs2)c1. The molecule has 0 spiro atoms. The second kappa shape index (κ2) is 10.8. The average molecular weight is 368 g/mol. The molecule has 2 amide bonds. The van der Waals surface area contributed by atoms with E-state index in [1.165, 1.54) is 4.88 Å². The maximum atomic E-state index is 12.0. The topological polar surface area (TPSA) is 84.2 Å². The van der Waals surface area contributed by atoms with E-state index >= 15 is 0 Å². The molecule has 4 N–H and O–H groups in total. The van der Waals surface area contributed by atoms with E-state index in [-0.39, 0.29) is 24.2 Å². The lowest BCUT2D eigenvalue weighted by molar-refractivity contribution is -0.116. The lowest BCUT2D eigenvalue weighted by Crippen LogP contribution is -2.29. The van der Waals surface area contributed by atoms with E-state index in [0.717, 1.165) is 12.8 Å². The molecule has 0 aliphatic heterocycles. The van der Waals surface area contributed by atoms with Crippen LogP contribution < -0.4 is 16.4 Å². The molecule has 0 unspecified atom stereocenters. The number of benzene rings is 1. The first kappa shape index (κ1) is 20.2. The van der Waals surface area contributed by atoms with E-state index in [9.17, 15) is 9.59 Å². The Hall–Kier alpha value is -1.89. The fourth-order valence-electron chi connectivity index (χ4n) is 2.13. The van der Waals surface area contributed by atoms with Crippen LogP contribution in [0.5, 0.6) is 0 Å². The minimum atomic E-state index is -0.191. The lowest BCUT2D eigenvalue weighted by Gasteiger charge is -2.08. The standard InChI is InChI=1S/C17H21N3O2S.ClH/c18-9-10-19-17(22)13-4-1-5-14(12-13)20-16(21)8-2-6-15-7-3-11-23-15;/h1,3-5,7,11-12H,2,6,8-10,18H2,(H,19,22)(H,20,21);1H. The molecule has 0 bridgehead atoms. The van der Waals surface area contributed by atoms with Gasteiger partial charge in [-0.1, -0.05) is 12.1 Å². The monoisotopic (exact) mass is 367 g/mol. The highest BCUT2D eigenvalue weighted by molar-refractivity contribution is 7.09. The summed E-state index contributed by atoms with van der Waals surface area (Å²) in [5, 5.41) is 7.58. The molecule has 1 heterocycles. The van der Waals surface area contributed by atoms with Crippen LogP contribution in [-0.2, 0) is 11.2 Å². The molecule has 0 aliphatic rings. The summed E-state index contributed by atoms with van der Waals surface area (Å²) >= 11 is 1.71. The van der Waals surface area contributed by atoms with Gasteiger partial charge in [-0.25, -0.2) is 0 Å². The Balaban J connectivity index is 0.00000288. The van der Waals surface area contributed by atoms with Crippen LogP contribution in [0.4, 0.5) is 5.69 Å². The highest BCUT2D eigenvalue weighted by Gasteiger charge is 2.07. The predicted octanol–water partition coefficient (Wildman–Crippen LogP) is 2.82. The summed E-state index contributed by atoms with van der Waals surface area (Å²) in [7, 11) is 0. The number of halogens is 1. The summed E-state index contributed by atoms with van der Waals surface area (Å²) in [4.78, 5) is 25.1. The number of thiophene rings is 1. The second-order valence-corrected chi connectivity index (χ2v) is 6.14. The third-order valence-electron chi connectivity index (χ3n) is 3.25. The van der Waals surface area contributed by atoms with Gasteiger partial charge in [0.1, 0.15) is 0 Å². The first-order valence-corrected chi connectivity index (χ1v) is 8.47. The van der Waals surface area contributed by atoms with Gasteiger partial charge in [0.2, 0.25) is 5.91 Å². The Labute approximate surface area is 152 Å². The third-order valence-corrected chi connectivity index (χ3v) is 4.18. The number of hydrogen-bond donors (Lipinski definition) is 3. The Morgan fingerprint density at radius 2 is 2.00 bits per heavy atom. The maximum Gasteiger partial charge on any atom is 0.251 e. The Kier molecular flexibility index (Phi) is 9.07. The van der Waals surface area contributed by atoms with Crippen LogP contribution in [0.1, 0.15) is 28.1 Å². The zero-order chi connectivity index (χ0) is 16.5. The summed E-state index contributed by atoms with van der Waals surface area (Å²) in [6, 6.07) is 11.0. The fourth-order valence-corrected chi connectivity index (χ4v) is 2.88. The molecule has 0 atom stereocenters. The smallest absolute Gasteiger partial charge is 0.251 e. The molecule has 1 aromatic carbocycles. The number of carbonyl (C=O) groups excluding carboxylic acids is 2. The number of hydrogen-bond acceptors (Lipinski definition) is 4. The molecular formula is C17H22ClN3O2S. The van der Waals surface area contributed by atoms with Gasteiger partial charge < -0.3 is 16.4 Å². The zero-order valence-electron chi connectivity index (χ0n) is 13.3. The quantitative estimate of drug-likeness (QED) is 0.670. The van der Waals surface area contributed by atoms with Crippen molar-refractivity contribution in [1.82, 2.24) is 5.32 Å². The van der Waals surface area contributed by atoms with Gasteiger partial charge in [0.15, 0.2) is 0 Å². The largest absolute Gasteiger partial charge is 0.351 e.